The lowest BCUT2D eigenvalue weighted by molar-refractivity contribution is 0.669. The Balaban J connectivity index is 0.983. The molecule has 0 N–H and O–H groups in total. The number of nitrogens with zero attached hydrogens (tertiary/aromatic N) is 4. The van der Waals surface area contributed by atoms with Crippen molar-refractivity contribution in [3.8, 4) is 84.4 Å². The summed E-state index contributed by atoms with van der Waals surface area (Å²) in [7, 11) is 0. The van der Waals surface area contributed by atoms with Crippen molar-refractivity contribution < 1.29 is 4.42 Å². The molecule has 3 aromatic heterocycles. The summed E-state index contributed by atoms with van der Waals surface area (Å²) in [6, 6.07) is 85.5. The molecule has 0 fully saturated rings. The molecule has 0 aliphatic heterocycles. The van der Waals surface area contributed by atoms with Gasteiger partial charge in [0.2, 0.25) is 0 Å². The van der Waals surface area contributed by atoms with Crippen molar-refractivity contribution in [1.82, 2.24) is 19.5 Å². The van der Waals surface area contributed by atoms with Gasteiger partial charge in [0.05, 0.1) is 11.0 Å². The number of hydrogen-bond acceptors (Lipinski definition) is 4. The fourth-order valence-corrected chi connectivity index (χ4v) is 9.81. The normalized spacial score (nSPS) is 11.5. The lowest BCUT2D eigenvalue weighted by atomic mass is 9.90. The number of rotatable bonds is 8. The fourth-order valence-electron chi connectivity index (χ4n) is 9.81. The largest absolute Gasteiger partial charge is 0.456 e. The van der Waals surface area contributed by atoms with Crippen molar-refractivity contribution in [2.45, 2.75) is 0 Å². The van der Waals surface area contributed by atoms with E-state index in [0.717, 1.165) is 72.0 Å². The first kappa shape index (κ1) is 39.2. The van der Waals surface area contributed by atoms with Gasteiger partial charge in [-0.05, 0) is 105 Å². The summed E-state index contributed by atoms with van der Waals surface area (Å²) < 4.78 is 8.96. The van der Waals surface area contributed by atoms with E-state index in [1.54, 1.807) is 0 Å². The van der Waals surface area contributed by atoms with E-state index in [1.165, 1.54) is 38.6 Å². The Morgan fingerprint density at radius 1 is 0.279 bits per heavy atom. The van der Waals surface area contributed by atoms with E-state index < -0.39 is 0 Å². The number of benzene rings is 10. The summed E-state index contributed by atoms with van der Waals surface area (Å²) in [6.45, 7) is 0. The average Bonchev–Trinajstić information content (AvgIpc) is 3.96. The summed E-state index contributed by atoms with van der Waals surface area (Å²) >= 11 is 0. The van der Waals surface area contributed by atoms with Gasteiger partial charge in [0.15, 0.2) is 17.5 Å². The minimum atomic E-state index is 0.590. The monoisotopic (exact) mass is 868 g/mol. The number of furan rings is 1. The number of hydrogen-bond donors (Lipinski definition) is 0. The van der Waals surface area contributed by atoms with Gasteiger partial charge in [0.25, 0.3) is 0 Å². The molecule has 3 heterocycles. The maximum atomic E-state index is 6.57. The zero-order valence-corrected chi connectivity index (χ0v) is 36.8. The van der Waals surface area contributed by atoms with Crippen LogP contribution in [0.5, 0.6) is 0 Å². The highest BCUT2D eigenvalue weighted by molar-refractivity contribution is 6.14. The molecule has 0 amide bonds. The minimum absolute atomic E-state index is 0.590. The highest BCUT2D eigenvalue weighted by Crippen LogP contribution is 2.43. The van der Waals surface area contributed by atoms with Gasteiger partial charge in [-0.2, -0.15) is 0 Å². The van der Waals surface area contributed by atoms with Crippen LogP contribution in [0.1, 0.15) is 0 Å². The standard InChI is InChI=1S/C63H40N4O/c1-6-17-41(18-7-1)45-29-33-50(52(37-45)42-19-8-2-9-20-42)48-31-35-57-54(40-48)53-38-46(30-34-56(53)67(57)49-25-14-5-15-26-49)47-32-36-58-55(39-47)60-51(27-16-28-59(60)68-58)63-65-61(43-21-10-3-11-22-43)64-62(66-63)44-23-12-4-13-24-44/h1-40H. The molecule has 0 saturated carbocycles. The molecule has 0 unspecified atom stereocenters. The second-order valence-corrected chi connectivity index (χ2v) is 17.2. The van der Waals surface area contributed by atoms with Crippen molar-refractivity contribution in [3.63, 3.8) is 0 Å². The van der Waals surface area contributed by atoms with E-state index >= 15 is 0 Å². The van der Waals surface area contributed by atoms with Gasteiger partial charge < -0.3 is 8.98 Å². The maximum Gasteiger partial charge on any atom is 0.164 e. The molecule has 5 heteroatoms. The van der Waals surface area contributed by atoms with E-state index in [0.29, 0.717) is 17.5 Å². The zero-order valence-electron chi connectivity index (χ0n) is 36.8. The Bertz CT molecular complexity index is 3940. The van der Waals surface area contributed by atoms with Crippen molar-refractivity contribution in [2.75, 3.05) is 0 Å². The summed E-state index contributed by atoms with van der Waals surface area (Å²) in [5.41, 5.74) is 17.0. The van der Waals surface area contributed by atoms with Crippen LogP contribution in [-0.4, -0.2) is 19.5 Å². The molecule has 0 spiro atoms. The summed E-state index contributed by atoms with van der Waals surface area (Å²) in [4.78, 5) is 15.2. The van der Waals surface area contributed by atoms with Gasteiger partial charge in [0, 0.05) is 43.9 Å². The van der Waals surface area contributed by atoms with Gasteiger partial charge in [-0.1, -0.05) is 182 Å². The molecule has 13 rings (SSSR count). The van der Waals surface area contributed by atoms with Crippen LogP contribution >= 0.6 is 0 Å². The van der Waals surface area contributed by atoms with E-state index in [-0.39, 0.29) is 0 Å². The lowest BCUT2D eigenvalue weighted by Crippen LogP contribution is -2.00. The van der Waals surface area contributed by atoms with Crippen LogP contribution in [0.4, 0.5) is 0 Å². The van der Waals surface area contributed by atoms with Crippen LogP contribution in [0, 0.1) is 0 Å². The average molecular weight is 869 g/mol. The van der Waals surface area contributed by atoms with E-state index in [2.05, 4.69) is 174 Å². The molecule has 0 aliphatic rings. The van der Waals surface area contributed by atoms with Crippen molar-refractivity contribution in [3.05, 3.63) is 243 Å². The highest BCUT2D eigenvalue weighted by Gasteiger charge is 2.20. The van der Waals surface area contributed by atoms with Crippen LogP contribution in [-0.2, 0) is 0 Å². The zero-order chi connectivity index (χ0) is 45.0. The Morgan fingerprint density at radius 3 is 1.40 bits per heavy atom. The molecule has 10 aromatic carbocycles. The summed E-state index contributed by atoms with van der Waals surface area (Å²) in [5.74, 6) is 1.82. The predicted molar refractivity (Wildman–Crippen MR) is 279 cm³/mol. The first-order valence-corrected chi connectivity index (χ1v) is 22.9. The molecule has 0 aliphatic carbocycles. The number of fused-ring (bicyclic) bond motifs is 6. The predicted octanol–water partition coefficient (Wildman–Crippen LogP) is 16.5. The Hall–Kier alpha value is -9.19. The number of aromatic nitrogens is 4. The molecule has 318 valence electrons. The molecule has 13 aromatic rings. The molecule has 5 nitrogen and oxygen atoms in total. The van der Waals surface area contributed by atoms with Gasteiger partial charge >= 0.3 is 0 Å². The second-order valence-electron chi connectivity index (χ2n) is 17.2. The first-order chi connectivity index (χ1) is 33.7. The molecular formula is C63H40N4O. The smallest absolute Gasteiger partial charge is 0.164 e. The third-order valence-electron chi connectivity index (χ3n) is 13.1. The van der Waals surface area contributed by atoms with E-state index in [9.17, 15) is 0 Å². The Morgan fingerprint density at radius 2 is 0.765 bits per heavy atom. The quantitative estimate of drug-likeness (QED) is 0.153. The number of para-hydroxylation sites is 1. The van der Waals surface area contributed by atoms with Gasteiger partial charge in [-0.25, -0.2) is 15.0 Å². The van der Waals surface area contributed by atoms with Gasteiger partial charge in [0.1, 0.15) is 11.2 Å². The van der Waals surface area contributed by atoms with Crippen LogP contribution in [0.2, 0.25) is 0 Å². The van der Waals surface area contributed by atoms with Gasteiger partial charge in [-0.15, -0.1) is 0 Å². The first-order valence-electron chi connectivity index (χ1n) is 22.9. The molecular weight excluding hydrogens is 829 g/mol. The third-order valence-corrected chi connectivity index (χ3v) is 13.1. The Labute approximate surface area is 392 Å². The van der Waals surface area contributed by atoms with E-state index in [4.69, 9.17) is 19.4 Å². The van der Waals surface area contributed by atoms with Crippen molar-refractivity contribution >= 4 is 43.7 Å². The fraction of sp³-hybridized carbons (Fsp3) is 0. The van der Waals surface area contributed by atoms with Crippen LogP contribution in [0.25, 0.3) is 128 Å². The lowest BCUT2D eigenvalue weighted by Gasteiger charge is -2.14. The second kappa shape index (κ2) is 16.4. The van der Waals surface area contributed by atoms with Gasteiger partial charge in [-0.3, -0.25) is 0 Å². The minimum Gasteiger partial charge on any atom is -0.456 e. The molecule has 0 atom stereocenters. The van der Waals surface area contributed by atoms with Crippen molar-refractivity contribution in [2.24, 2.45) is 0 Å². The van der Waals surface area contributed by atoms with Crippen LogP contribution < -0.4 is 0 Å². The molecule has 0 bridgehead atoms. The van der Waals surface area contributed by atoms with Crippen LogP contribution in [0.15, 0.2) is 247 Å². The summed E-state index contributed by atoms with van der Waals surface area (Å²) in [5, 5.41) is 4.32. The Kier molecular flexibility index (Phi) is 9.43. The van der Waals surface area contributed by atoms with E-state index in [1.807, 2.05) is 72.8 Å². The van der Waals surface area contributed by atoms with Crippen molar-refractivity contribution in [1.29, 1.82) is 0 Å². The molecule has 0 saturated heterocycles. The maximum absolute atomic E-state index is 6.57. The SMILES string of the molecule is c1ccc(-c2ccc(-c3ccc4c(c3)c3cc(-c5ccc6oc7cccc(-c8nc(-c9ccccc9)nc(-c9ccccc9)n8)c7c6c5)ccc3n4-c3ccccc3)c(-c3ccccc3)c2)cc1. The highest BCUT2D eigenvalue weighted by atomic mass is 16.3. The molecule has 68 heavy (non-hydrogen) atoms. The topological polar surface area (TPSA) is 56.7 Å². The third kappa shape index (κ3) is 6.84. The summed E-state index contributed by atoms with van der Waals surface area (Å²) in [6.07, 6.45) is 0. The molecule has 0 radical (unpaired) electrons. The van der Waals surface area contributed by atoms with Crippen LogP contribution in [0.3, 0.4) is 0 Å².